The number of hydrogen-bond donors (Lipinski definition) is 2. The lowest BCUT2D eigenvalue weighted by atomic mass is 9.76. The van der Waals surface area contributed by atoms with Crippen LogP contribution in [0.5, 0.6) is 5.75 Å². The third-order valence-electron chi connectivity index (χ3n) is 4.73. The molecule has 0 atom stereocenters. The van der Waals surface area contributed by atoms with E-state index in [2.05, 4.69) is 19.2 Å². The number of rotatable bonds is 6. The average molecular weight is 359 g/mol. The number of nitrogens with one attached hydrogen (secondary N) is 1. The number of aryl methyl sites for hydroxylation is 1. The minimum absolute atomic E-state index is 0.151. The first-order valence-corrected chi connectivity index (χ1v) is 9.49. The Morgan fingerprint density at radius 3 is 2.84 bits per heavy atom. The number of fused-ring (bicyclic) bond motifs is 1. The van der Waals surface area contributed by atoms with Crippen molar-refractivity contribution in [3.05, 3.63) is 40.3 Å². The highest BCUT2D eigenvalue weighted by molar-refractivity contribution is 7.16. The minimum Gasteiger partial charge on any atom is -0.492 e. The second-order valence-electron chi connectivity index (χ2n) is 7.30. The van der Waals surface area contributed by atoms with E-state index < -0.39 is 5.97 Å². The monoisotopic (exact) mass is 359 g/mol. The number of carboxylic acids is 1. The first-order valence-electron chi connectivity index (χ1n) is 8.67. The van der Waals surface area contributed by atoms with Crippen LogP contribution in [0.1, 0.15) is 41.1 Å². The van der Waals surface area contributed by atoms with Crippen LogP contribution in [0.2, 0.25) is 0 Å². The number of carbonyl (C=O) groups is 1. The Labute approximate surface area is 152 Å². The van der Waals surface area contributed by atoms with E-state index in [9.17, 15) is 9.90 Å². The van der Waals surface area contributed by atoms with Crippen LogP contribution in [0.4, 0.5) is 0 Å². The van der Waals surface area contributed by atoms with Crippen LogP contribution < -0.4 is 10.1 Å². The lowest BCUT2D eigenvalue weighted by molar-refractivity contribution is 0.0696. The highest BCUT2D eigenvalue weighted by atomic mass is 32.1. The first kappa shape index (κ1) is 18.0. The number of benzene rings is 1. The molecule has 0 amide bonds. The molecule has 0 saturated carbocycles. The number of likely N-dealkylation sites (N-methyl/N-ethyl adjacent to an activating group) is 1. The Bertz CT molecular complexity index is 779. The fraction of sp³-hybridized carbons (Fsp3) is 0.450. The van der Waals surface area contributed by atoms with Crippen molar-refractivity contribution in [1.82, 2.24) is 5.32 Å². The van der Waals surface area contributed by atoms with Gasteiger partial charge >= 0.3 is 5.97 Å². The largest absolute Gasteiger partial charge is 0.492 e. The molecule has 4 nitrogen and oxygen atoms in total. The number of hydrogen-bond acceptors (Lipinski definition) is 4. The average Bonchev–Trinajstić information content (AvgIpc) is 2.93. The molecule has 1 aromatic carbocycles. The van der Waals surface area contributed by atoms with E-state index in [4.69, 9.17) is 4.74 Å². The van der Waals surface area contributed by atoms with Crippen LogP contribution in [0.3, 0.4) is 0 Å². The summed E-state index contributed by atoms with van der Waals surface area (Å²) in [5.74, 6) is -0.0895. The molecule has 0 fully saturated rings. The Hall–Kier alpha value is -1.85. The summed E-state index contributed by atoms with van der Waals surface area (Å²) in [6.45, 7) is 5.73. The molecule has 0 radical (unpaired) electrons. The summed E-state index contributed by atoms with van der Waals surface area (Å²) in [5.41, 5.74) is 2.53. The normalized spacial score (nSPS) is 15.6. The van der Waals surface area contributed by atoms with Crippen LogP contribution in [-0.2, 0) is 12.8 Å². The molecular formula is C20H25NO3S. The van der Waals surface area contributed by atoms with Gasteiger partial charge in [-0.3, -0.25) is 0 Å². The summed E-state index contributed by atoms with van der Waals surface area (Å²) in [6, 6.07) is 7.74. The molecule has 1 heterocycles. The molecule has 3 rings (SSSR count). The van der Waals surface area contributed by atoms with Crippen molar-refractivity contribution in [3.8, 4) is 16.2 Å². The minimum atomic E-state index is -0.838. The lowest BCUT2D eigenvalue weighted by Crippen LogP contribution is -2.22. The molecule has 25 heavy (non-hydrogen) atoms. The first-order chi connectivity index (χ1) is 11.9. The van der Waals surface area contributed by atoms with Crippen molar-refractivity contribution < 1.29 is 14.6 Å². The van der Waals surface area contributed by atoms with Crippen LogP contribution in [0, 0.1) is 5.41 Å². The summed E-state index contributed by atoms with van der Waals surface area (Å²) in [6.07, 6.45) is 2.87. The van der Waals surface area contributed by atoms with Gasteiger partial charge in [0.05, 0.1) is 10.4 Å². The van der Waals surface area contributed by atoms with E-state index in [1.807, 2.05) is 31.3 Å². The fourth-order valence-electron chi connectivity index (χ4n) is 3.38. The number of thiophene rings is 1. The summed E-state index contributed by atoms with van der Waals surface area (Å²) in [4.78, 5) is 14.1. The summed E-state index contributed by atoms with van der Waals surface area (Å²) in [5, 5.41) is 13.0. The maximum Gasteiger partial charge on any atom is 0.337 e. The van der Waals surface area contributed by atoms with Gasteiger partial charge in [0.1, 0.15) is 12.4 Å². The third kappa shape index (κ3) is 3.72. The molecule has 0 spiro atoms. The van der Waals surface area contributed by atoms with Gasteiger partial charge in [0.25, 0.3) is 0 Å². The van der Waals surface area contributed by atoms with Crippen molar-refractivity contribution in [2.45, 2.75) is 33.1 Å². The highest BCUT2D eigenvalue weighted by Gasteiger charge is 2.33. The molecule has 0 bridgehead atoms. The number of para-hydroxylation sites is 1. The van der Waals surface area contributed by atoms with Gasteiger partial charge < -0.3 is 15.2 Å². The molecule has 0 unspecified atom stereocenters. The summed E-state index contributed by atoms with van der Waals surface area (Å²) < 4.78 is 5.89. The smallest absolute Gasteiger partial charge is 0.337 e. The number of carboxylic acid groups (broad SMARTS) is 1. The topological polar surface area (TPSA) is 58.6 Å². The Morgan fingerprint density at radius 2 is 2.12 bits per heavy atom. The van der Waals surface area contributed by atoms with Gasteiger partial charge in [-0.05, 0) is 49.4 Å². The van der Waals surface area contributed by atoms with Crippen LogP contribution in [0.25, 0.3) is 10.4 Å². The van der Waals surface area contributed by atoms with Crippen molar-refractivity contribution in [3.63, 3.8) is 0 Å². The quantitative estimate of drug-likeness (QED) is 0.758. The van der Waals surface area contributed by atoms with Gasteiger partial charge in [0.2, 0.25) is 0 Å². The predicted molar refractivity (Wildman–Crippen MR) is 102 cm³/mol. The number of aromatic carboxylic acids is 1. The molecule has 1 aliphatic carbocycles. The zero-order valence-electron chi connectivity index (χ0n) is 15.0. The maximum atomic E-state index is 12.1. The molecule has 1 aliphatic rings. The summed E-state index contributed by atoms with van der Waals surface area (Å²) in [7, 11) is 1.88. The number of ether oxygens (including phenoxy) is 1. The zero-order chi connectivity index (χ0) is 18.0. The molecule has 2 N–H and O–H groups in total. The van der Waals surface area contributed by atoms with E-state index in [1.54, 1.807) is 11.3 Å². The van der Waals surface area contributed by atoms with Crippen molar-refractivity contribution in [1.29, 1.82) is 0 Å². The van der Waals surface area contributed by atoms with Gasteiger partial charge in [0, 0.05) is 17.0 Å². The predicted octanol–water partition coefficient (Wildman–Crippen LogP) is 4.23. The van der Waals surface area contributed by atoms with Crippen LogP contribution in [-0.4, -0.2) is 31.3 Å². The standard InChI is InChI=1S/C20H25NO3S/c1-20(2)9-8-16-14(12-20)17(19(22)23)18(25-16)13-6-4-5-7-15(13)24-11-10-21-3/h4-7,21H,8-12H2,1-3H3,(H,22,23). The second-order valence-corrected chi connectivity index (χ2v) is 8.41. The Balaban J connectivity index is 2.07. The second kappa shape index (κ2) is 7.18. The van der Waals surface area contributed by atoms with E-state index in [0.717, 1.165) is 47.6 Å². The van der Waals surface area contributed by atoms with Crippen LogP contribution in [0.15, 0.2) is 24.3 Å². The molecule has 1 aromatic heterocycles. The van der Waals surface area contributed by atoms with E-state index in [0.29, 0.717) is 12.2 Å². The lowest BCUT2D eigenvalue weighted by Gasteiger charge is -2.29. The Kier molecular flexibility index (Phi) is 5.16. The molecule has 5 heteroatoms. The van der Waals surface area contributed by atoms with E-state index >= 15 is 0 Å². The fourth-order valence-corrected chi connectivity index (χ4v) is 4.72. The van der Waals surface area contributed by atoms with Crippen LogP contribution >= 0.6 is 11.3 Å². The van der Waals surface area contributed by atoms with Crippen molar-refractivity contribution >= 4 is 17.3 Å². The van der Waals surface area contributed by atoms with E-state index in [1.165, 1.54) is 4.88 Å². The van der Waals surface area contributed by atoms with Crippen molar-refractivity contribution in [2.24, 2.45) is 5.41 Å². The van der Waals surface area contributed by atoms with E-state index in [-0.39, 0.29) is 5.41 Å². The van der Waals surface area contributed by atoms with Gasteiger partial charge in [-0.15, -0.1) is 11.3 Å². The zero-order valence-corrected chi connectivity index (χ0v) is 15.8. The molecule has 2 aromatic rings. The highest BCUT2D eigenvalue weighted by Crippen LogP contribution is 2.46. The molecule has 0 saturated heterocycles. The van der Waals surface area contributed by atoms with Gasteiger partial charge in [0.15, 0.2) is 0 Å². The van der Waals surface area contributed by atoms with Gasteiger partial charge in [-0.25, -0.2) is 4.79 Å². The van der Waals surface area contributed by atoms with Gasteiger partial charge in [-0.1, -0.05) is 26.0 Å². The SMILES string of the molecule is CNCCOc1ccccc1-c1sc2c(c1C(=O)O)CC(C)(C)CC2. The molecule has 0 aliphatic heterocycles. The Morgan fingerprint density at radius 1 is 1.36 bits per heavy atom. The maximum absolute atomic E-state index is 12.1. The third-order valence-corrected chi connectivity index (χ3v) is 6.06. The van der Waals surface area contributed by atoms with Crippen molar-refractivity contribution in [2.75, 3.05) is 20.2 Å². The van der Waals surface area contributed by atoms with Gasteiger partial charge in [-0.2, -0.15) is 0 Å². The summed E-state index contributed by atoms with van der Waals surface area (Å²) >= 11 is 1.62. The molecule has 134 valence electrons. The molecular weight excluding hydrogens is 334 g/mol.